The third kappa shape index (κ3) is 3.13. The van der Waals surface area contributed by atoms with Crippen molar-refractivity contribution in [1.82, 2.24) is 9.80 Å². The predicted molar refractivity (Wildman–Crippen MR) is 89.5 cm³/mol. The van der Waals surface area contributed by atoms with E-state index in [1.165, 1.54) is 12.1 Å². The fraction of sp³-hybridized carbons (Fsp3) is 0.611. The quantitative estimate of drug-likeness (QED) is 0.833. The lowest BCUT2D eigenvalue weighted by Crippen LogP contribution is -2.65. The third-order valence-corrected chi connectivity index (χ3v) is 5.48. The van der Waals surface area contributed by atoms with Crippen LogP contribution in [0.5, 0.6) is 0 Å². The summed E-state index contributed by atoms with van der Waals surface area (Å²) in [6.45, 7) is 6.92. The molecule has 1 aromatic carbocycles. The lowest BCUT2D eigenvalue weighted by molar-refractivity contribution is -0.143. The van der Waals surface area contributed by atoms with Gasteiger partial charge in [0.05, 0.1) is 12.5 Å². The molecule has 0 aliphatic carbocycles. The van der Waals surface area contributed by atoms with Crippen molar-refractivity contribution in [3.63, 3.8) is 0 Å². The topological polar surface area (TPSA) is 36.0 Å². The zero-order valence-corrected chi connectivity index (χ0v) is 13.9. The van der Waals surface area contributed by atoms with E-state index in [0.29, 0.717) is 12.6 Å². The SMILES string of the molecule is O=C(C1CCOC1)N1CC(N2CCN(c3ccc(F)cc3)CC2)C1. The summed E-state index contributed by atoms with van der Waals surface area (Å²) in [5.41, 5.74) is 1.09. The van der Waals surface area contributed by atoms with Crippen LogP contribution in [0, 0.1) is 11.7 Å². The van der Waals surface area contributed by atoms with Gasteiger partial charge in [0, 0.05) is 57.6 Å². The van der Waals surface area contributed by atoms with Crippen molar-refractivity contribution >= 4 is 11.6 Å². The van der Waals surface area contributed by atoms with Crippen molar-refractivity contribution in [2.45, 2.75) is 12.5 Å². The normalized spacial score (nSPS) is 25.8. The van der Waals surface area contributed by atoms with E-state index in [2.05, 4.69) is 9.80 Å². The zero-order valence-electron chi connectivity index (χ0n) is 13.9. The lowest BCUT2D eigenvalue weighted by Gasteiger charge is -2.49. The summed E-state index contributed by atoms with van der Waals surface area (Å²) in [7, 11) is 0. The first kappa shape index (κ1) is 15.8. The molecule has 5 nitrogen and oxygen atoms in total. The molecule has 3 aliphatic rings. The van der Waals surface area contributed by atoms with Crippen LogP contribution in [-0.2, 0) is 9.53 Å². The molecule has 1 amide bonds. The van der Waals surface area contributed by atoms with Gasteiger partial charge in [-0.15, -0.1) is 0 Å². The van der Waals surface area contributed by atoms with E-state index in [1.54, 1.807) is 0 Å². The number of ether oxygens (including phenoxy) is 1. The molecular formula is C18H24FN3O2. The summed E-state index contributed by atoms with van der Waals surface area (Å²) in [6.07, 6.45) is 0.871. The molecule has 0 radical (unpaired) electrons. The number of nitrogens with zero attached hydrogens (tertiary/aromatic N) is 3. The number of carbonyl (C=O) groups is 1. The Bertz CT molecular complexity index is 574. The Balaban J connectivity index is 1.24. The van der Waals surface area contributed by atoms with Gasteiger partial charge in [-0.05, 0) is 30.7 Å². The van der Waals surface area contributed by atoms with Crippen LogP contribution < -0.4 is 4.90 Å². The number of benzene rings is 1. The van der Waals surface area contributed by atoms with Crippen molar-refractivity contribution in [2.75, 3.05) is 57.4 Å². The first-order chi connectivity index (χ1) is 11.7. The van der Waals surface area contributed by atoms with Gasteiger partial charge in [-0.25, -0.2) is 4.39 Å². The Morgan fingerprint density at radius 1 is 1.08 bits per heavy atom. The fourth-order valence-electron chi connectivity index (χ4n) is 3.85. The van der Waals surface area contributed by atoms with E-state index in [9.17, 15) is 9.18 Å². The van der Waals surface area contributed by atoms with E-state index in [0.717, 1.165) is 58.0 Å². The molecule has 0 N–H and O–H groups in total. The Morgan fingerprint density at radius 2 is 1.79 bits per heavy atom. The summed E-state index contributed by atoms with van der Waals surface area (Å²) in [6, 6.07) is 7.22. The van der Waals surface area contributed by atoms with Gasteiger partial charge in [-0.3, -0.25) is 9.69 Å². The maximum Gasteiger partial charge on any atom is 0.228 e. The Hall–Kier alpha value is -1.66. The van der Waals surface area contributed by atoms with Crippen LogP contribution in [0.3, 0.4) is 0 Å². The van der Waals surface area contributed by atoms with Crippen LogP contribution in [0.15, 0.2) is 24.3 Å². The van der Waals surface area contributed by atoms with Crippen molar-refractivity contribution < 1.29 is 13.9 Å². The van der Waals surface area contributed by atoms with Gasteiger partial charge in [0.15, 0.2) is 0 Å². The molecule has 3 aliphatic heterocycles. The summed E-state index contributed by atoms with van der Waals surface area (Å²) in [4.78, 5) is 19.1. The molecule has 24 heavy (non-hydrogen) atoms. The molecule has 1 aromatic rings. The van der Waals surface area contributed by atoms with Gasteiger partial charge >= 0.3 is 0 Å². The zero-order chi connectivity index (χ0) is 16.5. The second-order valence-corrected chi connectivity index (χ2v) is 6.96. The average Bonchev–Trinajstić information content (AvgIpc) is 3.09. The monoisotopic (exact) mass is 333 g/mol. The van der Waals surface area contributed by atoms with Gasteiger partial charge in [-0.1, -0.05) is 0 Å². The third-order valence-electron chi connectivity index (χ3n) is 5.48. The molecule has 3 saturated heterocycles. The highest BCUT2D eigenvalue weighted by atomic mass is 19.1. The van der Waals surface area contributed by atoms with Crippen LogP contribution in [0.1, 0.15) is 6.42 Å². The van der Waals surface area contributed by atoms with Crippen molar-refractivity contribution in [3.05, 3.63) is 30.1 Å². The number of halogens is 1. The first-order valence-electron chi connectivity index (χ1n) is 8.82. The highest BCUT2D eigenvalue weighted by Crippen LogP contribution is 2.24. The highest BCUT2D eigenvalue weighted by Gasteiger charge is 2.39. The number of piperazine rings is 1. The largest absolute Gasteiger partial charge is 0.381 e. The number of amides is 1. The maximum atomic E-state index is 13.0. The molecule has 3 fully saturated rings. The second kappa shape index (κ2) is 6.69. The minimum absolute atomic E-state index is 0.0845. The van der Waals surface area contributed by atoms with Gasteiger partial charge in [-0.2, -0.15) is 0 Å². The summed E-state index contributed by atoms with van der Waals surface area (Å²) >= 11 is 0. The number of hydrogen-bond donors (Lipinski definition) is 0. The number of likely N-dealkylation sites (tertiary alicyclic amines) is 1. The van der Waals surface area contributed by atoms with Crippen LogP contribution >= 0.6 is 0 Å². The molecule has 0 spiro atoms. The molecule has 1 atom stereocenters. The molecule has 0 bridgehead atoms. The van der Waals surface area contributed by atoms with Crippen LogP contribution in [0.2, 0.25) is 0 Å². The molecule has 1 unspecified atom stereocenters. The van der Waals surface area contributed by atoms with Crippen molar-refractivity contribution in [1.29, 1.82) is 0 Å². The fourth-order valence-corrected chi connectivity index (χ4v) is 3.85. The predicted octanol–water partition coefficient (Wildman–Crippen LogP) is 1.20. The van der Waals surface area contributed by atoms with E-state index in [4.69, 9.17) is 4.74 Å². The first-order valence-corrected chi connectivity index (χ1v) is 8.82. The molecular weight excluding hydrogens is 309 g/mol. The van der Waals surface area contributed by atoms with Crippen LogP contribution in [-0.4, -0.2) is 74.2 Å². The van der Waals surface area contributed by atoms with Crippen molar-refractivity contribution in [2.24, 2.45) is 5.92 Å². The highest BCUT2D eigenvalue weighted by molar-refractivity contribution is 5.80. The van der Waals surface area contributed by atoms with Gasteiger partial charge in [0.25, 0.3) is 0 Å². The smallest absolute Gasteiger partial charge is 0.228 e. The number of hydrogen-bond acceptors (Lipinski definition) is 4. The number of rotatable bonds is 3. The Labute approximate surface area is 142 Å². The summed E-state index contributed by atoms with van der Waals surface area (Å²) in [5, 5.41) is 0. The summed E-state index contributed by atoms with van der Waals surface area (Å²) < 4.78 is 18.3. The van der Waals surface area contributed by atoms with Crippen LogP contribution in [0.25, 0.3) is 0 Å². The minimum atomic E-state index is -0.190. The van der Waals surface area contributed by atoms with Gasteiger partial charge in [0.1, 0.15) is 5.82 Å². The second-order valence-electron chi connectivity index (χ2n) is 6.96. The van der Waals surface area contributed by atoms with E-state index >= 15 is 0 Å². The average molecular weight is 333 g/mol. The molecule has 3 heterocycles. The Kier molecular flexibility index (Phi) is 4.41. The number of anilines is 1. The van der Waals surface area contributed by atoms with Crippen LogP contribution in [0.4, 0.5) is 10.1 Å². The van der Waals surface area contributed by atoms with E-state index in [-0.39, 0.29) is 17.6 Å². The number of carbonyl (C=O) groups excluding carboxylic acids is 1. The molecule has 4 rings (SSSR count). The molecule has 0 aromatic heterocycles. The minimum Gasteiger partial charge on any atom is -0.381 e. The summed E-state index contributed by atoms with van der Waals surface area (Å²) in [5.74, 6) is 0.166. The van der Waals surface area contributed by atoms with Crippen molar-refractivity contribution in [3.8, 4) is 0 Å². The standard InChI is InChI=1S/C18H24FN3O2/c19-15-1-3-16(4-2-15)20-6-8-21(9-7-20)17-11-22(12-17)18(23)14-5-10-24-13-14/h1-4,14,17H,5-13H2. The van der Waals surface area contributed by atoms with Gasteiger partial charge in [0.2, 0.25) is 5.91 Å². The molecule has 130 valence electrons. The molecule has 6 heteroatoms. The molecule has 0 saturated carbocycles. The Morgan fingerprint density at radius 3 is 2.42 bits per heavy atom. The van der Waals surface area contributed by atoms with Gasteiger partial charge < -0.3 is 14.5 Å². The van der Waals surface area contributed by atoms with E-state index in [1.807, 2.05) is 17.0 Å². The van der Waals surface area contributed by atoms with E-state index < -0.39 is 0 Å². The lowest BCUT2D eigenvalue weighted by atomic mass is 10.0. The maximum absolute atomic E-state index is 13.0.